The van der Waals surface area contributed by atoms with Crippen LogP contribution in [0.15, 0.2) is 0 Å². The minimum atomic E-state index is -5.05. The van der Waals surface area contributed by atoms with E-state index in [1.54, 1.807) is 0 Å². The van der Waals surface area contributed by atoms with Crippen LogP contribution in [0, 0.1) is 0 Å². The van der Waals surface area contributed by atoms with Gasteiger partial charge in [0.1, 0.15) is 0 Å². The van der Waals surface area contributed by atoms with Crippen LogP contribution in [0.3, 0.4) is 0 Å². The van der Waals surface area contributed by atoms with E-state index in [9.17, 15) is 9.13 Å². The second-order valence-corrected chi connectivity index (χ2v) is 3.68. The molecule has 0 saturated heterocycles. The fourth-order valence-corrected chi connectivity index (χ4v) is 1.25. The molecule has 0 fully saturated rings. The third-order valence-corrected chi connectivity index (χ3v) is 1.91. The molecule has 13 heavy (non-hydrogen) atoms. The van der Waals surface area contributed by atoms with Gasteiger partial charge < -0.3 is 37.4 Å². The number of rotatable bonds is 2. The Balaban J connectivity index is -0.0000000320. The fourth-order valence-electron chi connectivity index (χ4n) is 0.139. The maximum atomic E-state index is 9.63. The molecular formula is H11KO10P2. The Morgan fingerprint density at radius 1 is 0.846 bits per heavy atom. The SMILES string of the molecule is O.O.O.O=P(O)(O)OP(=O)(O)O.[H-].[K+]. The first-order valence-electron chi connectivity index (χ1n) is 1.53. The third kappa shape index (κ3) is 31.6. The molecule has 0 aromatic rings. The van der Waals surface area contributed by atoms with Gasteiger partial charge in [-0.2, -0.15) is 4.31 Å². The number of hydrogen-bond acceptors (Lipinski definition) is 3. The van der Waals surface area contributed by atoms with E-state index in [1.807, 2.05) is 0 Å². The van der Waals surface area contributed by atoms with Crippen LogP contribution in [0.25, 0.3) is 0 Å². The van der Waals surface area contributed by atoms with Crippen LogP contribution in [0.4, 0.5) is 0 Å². The zero-order valence-electron chi connectivity index (χ0n) is 7.41. The summed E-state index contributed by atoms with van der Waals surface area (Å²) < 4.78 is 22.2. The van der Waals surface area contributed by atoms with E-state index >= 15 is 0 Å². The van der Waals surface area contributed by atoms with Crippen molar-refractivity contribution in [3.05, 3.63) is 0 Å². The zero-order chi connectivity index (χ0) is 7.71. The topological polar surface area (TPSA) is 219 Å². The van der Waals surface area contributed by atoms with Crippen molar-refractivity contribution in [1.29, 1.82) is 0 Å². The normalized spacial score (nSPS) is 9.54. The van der Waals surface area contributed by atoms with Crippen molar-refractivity contribution in [2.24, 2.45) is 0 Å². The largest absolute Gasteiger partial charge is 1.00 e. The zero-order valence-corrected chi connectivity index (χ0v) is 11.3. The molecule has 13 heteroatoms. The third-order valence-electron chi connectivity index (χ3n) is 0.213. The summed E-state index contributed by atoms with van der Waals surface area (Å²) in [6.07, 6.45) is 0. The number of phosphoric acid groups is 2. The molecule has 0 rings (SSSR count). The van der Waals surface area contributed by atoms with Crippen LogP contribution in [0.2, 0.25) is 0 Å². The molecule has 0 bridgehead atoms. The van der Waals surface area contributed by atoms with Crippen molar-refractivity contribution in [3.8, 4) is 0 Å². The van der Waals surface area contributed by atoms with E-state index in [2.05, 4.69) is 4.31 Å². The molecule has 0 saturated carbocycles. The van der Waals surface area contributed by atoms with Gasteiger partial charge in [0.25, 0.3) is 0 Å². The van der Waals surface area contributed by atoms with Crippen molar-refractivity contribution in [2.75, 3.05) is 0 Å². The van der Waals surface area contributed by atoms with Crippen LogP contribution in [-0.4, -0.2) is 36.0 Å². The second-order valence-electron chi connectivity index (χ2n) is 1.06. The monoisotopic (exact) mass is 272 g/mol. The van der Waals surface area contributed by atoms with Crippen molar-refractivity contribution in [1.82, 2.24) is 0 Å². The summed E-state index contributed by atoms with van der Waals surface area (Å²) in [7, 11) is -10.1. The van der Waals surface area contributed by atoms with Gasteiger partial charge in [0.15, 0.2) is 0 Å². The first-order chi connectivity index (χ1) is 3.71. The van der Waals surface area contributed by atoms with E-state index in [0.29, 0.717) is 0 Å². The molecule has 0 amide bonds. The molecule has 0 aromatic heterocycles. The van der Waals surface area contributed by atoms with Gasteiger partial charge in [-0.05, 0) is 0 Å². The summed E-state index contributed by atoms with van der Waals surface area (Å²) in [5.74, 6) is 0. The average molecular weight is 272 g/mol. The molecule has 0 aliphatic rings. The maximum absolute atomic E-state index is 9.63. The average Bonchev–Trinajstić information content (AvgIpc) is 1.14. The first-order valence-corrected chi connectivity index (χ1v) is 4.59. The minimum absolute atomic E-state index is 0. The molecule has 0 radical (unpaired) electrons. The van der Waals surface area contributed by atoms with E-state index < -0.39 is 15.6 Å². The smallest absolute Gasteiger partial charge is 1.00 e. The first kappa shape index (κ1) is 29.3. The van der Waals surface area contributed by atoms with E-state index in [4.69, 9.17) is 19.6 Å². The second kappa shape index (κ2) is 10.3. The predicted octanol–water partition coefficient (Wildman–Crippen LogP) is -6.17. The van der Waals surface area contributed by atoms with Crippen LogP contribution in [0.5, 0.6) is 0 Å². The minimum Gasteiger partial charge on any atom is -1.00 e. The van der Waals surface area contributed by atoms with E-state index in [-0.39, 0.29) is 69.2 Å². The predicted molar refractivity (Wildman–Crippen MR) is 37.1 cm³/mol. The molecule has 0 aliphatic heterocycles. The van der Waals surface area contributed by atoms with Gasteiger partial charge in [-0.3, -0.25) is 0 Å². The van der Waals surface area contributed by atoms with E-state index in [0.717, 1.165) is 0 Å². The van der Waals surface area contributed by atoms with Crippen molar-refractivity contribution >= 4 is 15.6 Å². The Bertz CT molecular complexity index is 159. The molecular weight excluding hydrogens is 261 g/mol. The van der Waals surface area contributed by atoms with Gasteiger partial charge in [0.2, 0.25) is 0 Å². The Labute approximate surface area is 117 Å². The van der Waals surface area contributed by atoms with Gasteiger partial charge in [0, 0.05) is 0 Å². The summed E-state index contributed by atoms with van der Waals surface area (Å²) in [5, 5.41) is 0. The van der Waals surface area contributed by atoms with Gasteiger partial charge in [-0.15, -0.1) is 0 Å². The molecule has 0 aliphatic carbocycles. The Morgan fingerprint density at radius 2 is 1.00 bits per heavy atom. The van der Waals surface area contributed by atoms with Gasteiger partial charge in [0.05, 0.1) is 0 Å². The van der Waals surface area contributed by atoms with Crippen LogP contribution < -0.4 is 51.4 Å². The molecule has 0 unspecified atom stereocenters. The van der Waals surface area contributed by atoms with Crippen LogP contribution in [-0.2, 0) is 13.4 Å². The quantitative estimate of drug-likeness (QED) is 0.281. The molecule has 0 heterocycles. The van der Waals surface area contributed by atoms with Gasteiger partial charge in [-0.1, -0.05) is 0 Å². The van der Waals surface area contributed by atoms with Gasteiger partial charge in [-0.25, -0.2) is 9.13 Å². The van der Waals surface area contributed by atoms with Crippen LogP contribution >= 0.6 is 15.6 Å². The van der Waals surface area contributed by atoms with Crippen molar-refractivity contribution < 1.29 is 102 Å². The summed E-state index contributed by atoms with van der Waals surface area (Å²) in [6.45, 7) is 0. The Kier molecular flexibility index (Phi) is 23.2. The van der Waals surface area contributed by atoms with Crippen molar-refractivity contribution in [3.63, 3.8) is 0 Å². The molecule has 10 nitrogen and oxygen atoms in total. The summed E-state index contributed by atoms with van der Waals surface area (Å²) in [4.78, 5) is 31.0. The molecule has 10 N–H and O–H groups in total. The van der Waals surface area contributed by atoms with E-state index in [1.165, 1.54) is 0 Å². The van der Waals surface area contributed by atoms with Crippen LogP contribution in [0.1, 0.15) is 1.43 Å². The number of hydrogen-bond donors (Lipinski definition) is 4. The molecule has 0 aromatic carbocycles. The molecule has 0 spiro atoms. The standard InChI is InChI=1S/K.H4O7P2.3H2O.H/c;1-8(2,3)7-9(4,5)6;;;;/h;(H2,1,2,3)(H2,4,5,6);3*1H2;/q+1;;;;;-1. The summed E-state index contributed by atoms with van der Waals surface area (Å²) in [5.41, 5.74) is 0. The fraction of sp³-hybridized carbons (Fsp3) is 0. The Morgan fingerprint density at radius 3 is 1.00 bits per heavy atom. The van der Waals surface area contributed by atoms with Gasteiger partial charge >= 0.3 is 67.0 Å². The molecule has 82 valence electrons. The Hall–Kier alpha value is 1.78. The van der Waals surface area contributed by atoms with Crippen molar-refractivity contribution in [2.45, 2.75) is 0 Å². The summed E-state index contributed by atoms with van der Waals surface area (Å²) in [6, 6.07) is 0. The summed E-state index contributed by atoms with van der Waals surface area (Å²) >= 11 is 0. The maximum Gasteiger partial charge on any atom is 1.00 e. The molecule has 0 atom stereocenters.